The second kappa shape index (κ2) is 8.43. The molecule has 0 aliphatic rings. The first-order chi connectivity index (χ1) is 15.0. The van der Waals surface area contributed by atoms with Crippen molar-refractivity contribution in [3.63, 3.8) is 0 Å². The lowest BCUT2D eigenvalue weighted by Gasteiger charge is -2.21. The summed E-state index contributed by atoms with van der Waals surface area (Å²) in [6, 6.07) is 12.5. The molecule has 2 aromatic carbocycles. The molecule has 31 heavy (non-hydrogen) atoms. The maximum atomic E-state index is 13.0. The zero-order valence-electron chi connectivity index (χ0n) is 16.9. The molecule has 0 aliphatic carbocycles. The normalized spacial score (nSPS) is 13.2. The standard InChI is InChI=1S/C23H22N4O4/c1-2-20(27-13-25-18-10-6-4-8-16(18)22(27)29)21(28)26-19(23(30)31)11-14-12-24-17-9-5-3-7-15(14)17/h3-10,12-13,19-20,24H,2,11H2,1H3,(H,26,28)(H,30,31). The highest BCUT2D eigenvalue weighted by molar-refractivity contribution is 5.88. The number of carboxylic acid groups (broad SMARTS) is 1. The van der Waals surface area contributed by atoms with E-state index in [-0.39, 0.29) is 12.0 Å². The van der Waals surface area contributed by atoms with Gasteiger partial charge in [-0.2, -0.15) is 0 Å². The highest BCUT2D eigenvalue weighted by Crippen LogP contribution is 2.20. The van der Waals surface area contributed by atoms with Crippen LogP contribution in [0.5, 0.6) is 0 Å². The molecule has 2 aromatic heterocycles. The predicted molar refractivity (Wildman–Crippen MR) is 117 cm³/mol. The number of nitrogens with zero attached hydrogens (tertiary/aromatic N) is 2. The van der Waals surface area contributed by atoms with Crippen LogP contribution in [-0.2, 0) is 16.0 Å². The Morgan fingerprint density at radius 1 is 1.13 bits per heavy atom. The first kappa shape index (κ1) is 20.3. The fourth-order valence-electron chi connectivity index (χ4n) is 3.80. The third-order valence-electron chi connectivity index (χ3n) is 5.43. The Bertz CT molecular complexity index is 1320. The number of carboxylic acids is 1. The Morgan fingerprint density at radius 2 is 1.84 bits per heavy atom. The van der Waals surface area contributed by atoms with E-state index in [9.17, 15) is 19.5 Å². The van der Waals surface area contributed by atoms with E-state index in [1.807, 2.05) is 24.3 Å². The average molecular weight is 418 g/mol. The van der Waals surface area contributed by atoms with E-state index in [4.69, 9.17) is 0 Å². The molecular weight excluding hydrogens is 396 g/mol. The topological polar surface area (TPSA) is 117 Å². The number of benzene rings is 2. The van der Waals surface area contributed by atoms with Crippen molar-refractivity contribution in [2.75, 3.05) is 0 Å². The summed E-state index contributed by atoms with van der Waals surface area (Å²) in [5.74, 6) is -1.67. The van der Waals surface area contributed by atoms with Crippen LogP contribution in [-0.4, -0.2) is 37.6 Å². The van der Waals surface area contributed by atoms with Crippen LogP contribution in [0.1, 0.15) is 24.9 Å². The number of amides is 1. The lowest BCUT2D eigenvalue weighted by Crippen LogP contribution is -2.46. The average Bonchev–Trinajstić information content (AvgIpc) is 3.18. The number of nitrogens with one attached hydrogen (secondary N) is 2. The molecule has 158 valence electrons. The molecule has 0 bridgehead atoms. The zero-order chi connectivity index (χ0) is 22.0. The van der Waals surface area contributed by atoms with Gasteiger partial charge in [0.25, 0.3) is 5.56 Å². The molecule has 0 saturated heterocycles. The molecule has 4 aromatic rings. The number of H-pyrrole nitrogens is 1. The fourth-order valence-corrected chi connectivity index (χ4v) is 3.80. The molecule has 1 amide bonds. The molecule has 3 N–H and O–H groups in total. The van der Waals surface area contributed by atoms with Crippen molar-refractivity contribution >= 4 is 33.7 Å². The van der Waals surface area contributed by atoms with Crippen molar-refractivity contribution in [2.24, 2.45) is 0 Å². The quantitative estimate of drug-likeness (QED) is 0.427. The number of para-hydroxylation sites is 2. The first-order valence-corrected chi connectivity index (χ1v) is 10.0. The predicted octanol–water partition coefficient (Wildman–Crippen LogP) is 2.64. The minimum absolute atomic E-state index is 0.117. The van der Waals surface area contributed by atoms with Crippen molar-refractivity contribution < 1.29 is 14.7 Å². The maximum absolute atomic E-state index is 13.0. The van der Waals surface area contributed by atoms with Gasteiger partial charge in [0.15, 0.2) is 0 Å². The van der Waals surface area contributed by atoms with Crippen LogP contribution in [0.3, 0.4) is 0 Å². The number of rotatable bonds is 7. The van der Waals surface area contributed by atoms with E-state index >= 15 is 0 Å². The van der Waals surface area contributed by atoms with Crippen molar-refractivity contribution in [1.82, 2.24) is 19.9 Å². The molecular formula is C23H22N4O4. The summed E-state index contributed by atoms with van der Waals surface area (Å²) in [5, 5.41) is 13.6. The van der Waals surface area contributed by atoms with Crippen LogP contribution in [0, 0.1) is 0 Å². The molecule has 8 nitrogen and oxygen atoms in total. The second-order valence-corrected chi connectivity index (χ2v) is 7.36. The number of aromatic amines is 1. The molecule has 0 spiro atoms. The number of carbonyl (C=O) groups is 2. The smallest absolute Gasteiger partial charge is 0.326 e. The van der Waals surface area contributed by atoms with Crippen LogP contribution in [0.2, 0.25) is 0 Å². The van der Waals surface area contributed by atoms with E-state index in [1.165, 1.54) is 10.9 Å². The molecule has 0 aliphatic heterocycles. The van der Waals surface area contributed by atoms with Gasteiger partial charge in [-0.15, -0.1) is 0 Å². The molecule has 0 saturated carbocycles. The van der Waals surface area contributed by atoms with Crippen LogP contribution in [0.15, 0.2) is 65.8 Å². The number of aromatic nitrogens is 3. The van der Waals surface area contributed by atoms with E-state index in [1.54, 1.807) is 37.4 Å². The molecule has 8 heteroatoms. The molecule has 2 unspecified atom stereocenters. The second-order valence-electron chi connectivity index (χ2n) is 7.36. The summed E-state index contributed by atoms with van der Waals surface area (Å²) in [6.45, 7) is 1.77. The Labute approximate surface area is 177 Å². The van der Waals surface area contributed by atoms with Crippen LogP contribution in [0.25, 0.3) is 21.8 Å². The lowest BCUT2D eigenvalue weighted by atomic mass is 10.0. The summed E-state index contributed by atoms with van der Waals surface area (Å²) in [6.07, 6.45) is 3.52. The molecule has 2 atom stereocenters. The van der Waals surface area contributed by atoms with E-state index in [2.05, 4.69) is 15.3 Å². The van der Waals surface area contributed by atoms with Crippen molar-refractivity contribution in [3.05, 3.63) is 77.0 Å². The lowest BCUT2D eigenvalue weighted by molar-refractivity contribution is -0.142. The summed E-state index contributed by atoms with van der Waals surface area (Å²) >= 11 is 0. The summed E-state index contributed by atoms with van der Waals surface area (Å²) in [7, 11) is 0. The molecule has 2 heterocycles. The Kier molecular flexibility index (Phi) is 5.53. The number of fused-ring (bicyclic) bond motifs is 2. The Hall–Kier alpha value is -3.94. The summed E-state index contributed by atoms with van der Waals surface area (Å²) in [5.41, 5.74) is 1.90. The van der Waals surface area contributed by atoms with Gasteiger partial charge in [0.1, 0.15) is 12.1 Å². The van der Waals surface area contributed by atoms with Gasteiger partial charge in [0, 0.05) is 23.5 Å². The summed E-state index contributed by atoms with van der Waals surface area (Å²) in [4.78, 5) is 45.1. The van der Waals surface area contributed by atoms with Gasteiger partial charge >= 0.3 is 5.97 Å². The third kappa shape index (κ3) is 3.92. The van der Waals surface area contributed by atoms with E-state index in [0.29, 0.717) is 17.3 Å². The first-order valence-electron chi connectivity index (χ1n) is 10.0. The Morgan fingerprint density at radius 3 is 2.58 bits per heavy atom. The minimum Gasteiger partial charge on any atom is -0.480 e. The van der Waals surface area contributed by atoms with Gasteiger partial charge in [0.05, 0.1) is 17.2 Å². The number of hydrogen-bond donors (Lipinski definition) is 3. The van der Waals surface area contributed by atoms with Crippen molar-refractivity contribution in [3.8, 4) is 0 Å². The summed E-state index contributed by atoms with van der Waals surface area (Å²) < 4.78 is 1.27. The molecule has 4 rings (SSSR count). The van der Waals surface area contributed by atoms with E-state index < -0.39 is 24.0 Å². The monoisotopic (exact) mass is 418 g/mol. The Balaban J connectivity index is 1.60. The zero-order valence-corrected chi connectivity index (χ0v) is 16.9. The van der Waals surface area contributed by atoms with Gasteiger partial charge < -0.3 is 15.4 Å². The number of carbonyl (C=O) groups excluding carboxylic acids is 1. The SMILES string of the molecule is CCC(C(=O)NC(Cc1c[nH]c2ccccc12)C(=O)O)n1cnc2ccccc2c1=O. The van der Waals surface area contributed by atoms with Gasteiger partial charge in [0.2, 0.25) is 5.91 Å². The van der Waals surface area contributed by atoms with Crippen LogP contribution in [0.4, 0.5) is 0 Å². The van der Waals surface area contributed by atoms with Gasteiger partial charge in [-0.05, 0) is 30.2 Å². The molecule has 0 fully saturated rings. The van der Waals surface area contributed by atoms with Crippen molar-refractivity contribution in [1.29, 1.82) is 0 Å². The largest absolute Gasteiger partial charge is 0.480 e. The maximum Gasteiger partial charge on any atom is 0.326 e. The van der Waals surface area contributed by atoms with Gasteiger partial charge in [-0.3, -0.25) is 14.2 Å². The minimum atomic E-state index is -1.14. The van der Waals surface area contributed by atoms with Crippen LogP contribution < -0.4 is 10.9 Å². The fraction of sp³-hybridized carbons (Fsp3) is 0.217. The van der Waals surface area contributed by atoms with E-state index in [0.717, 1.165) is 16.5 Å². The number of hydrogen-bond acceptors (Lipinski definition) is 4. The highest BCUT2D eigenvalue weighted by atomic mass is 16.4. The van der Waals surface area contributed by atoms with Crippen molar-refractivity contribution in [2.45, 2.75) is 31.8 Å². The highest BCUT2D eigenvalue weighted by Gasteiger charge is 2.27. The molecule has 0 radical (unpaired) electrons. The van der Waals surface area contributed by atoms with Gasteiger partial charge in [-0.1, -0.05) is 37.3 Å². The van der Waals surface area contributed by atoms with Gasteiger partial charge in [-0.25, -0.2) is 9.78 Å². The third-order valence-corrected chi connectivity index (χ3v) is 5.43. The number of aliphatic carboxylic acids is 1. The van der Waals surface area contributed by atoms with Crippen LogP contribution >= 0.6 is 0 Å².